The van der Waals surface area contributed by atoms with Crippen LogP contribution in [0.3, 0.4) is 0 Å². The Morgan fingerprint density at radius 2 is 1.82 bits per heavy atom. The van der Waals surface area contributed by atoms with E-state index in [0.29, 0.717) is 16.5 Å². The number of ether oxygens (including phenoxy) is 1. The lowest BCUT2D eigenvalue weighted by Crippen LogP contribution is -2.25. The zero-order valence-corrected chi connectivity index (χ0v) is 19.2. The summed E-state index contributed by atoms with van der Waals surface area (Å²) < 4.78 is 11.6. The quantitative estimate of drug-likeness (QED) is 0.212. The molecule has 3 aromatic carbocycles. The molecule has 5 rings (SSSR count). The topological polar surface area (TPSA) is 67.9 Å². The van der Waals surface area contributed by atoms with Crippen LogP contribution < -0.4 is 9.75 Å². The van der Waals surface area contributed by atoms with Gasteiger partial charge in [0.25, 0.3) is 5.91 Å². The van der Waals surface area contributed by atoms with E-state index in [-0.39, 0.29) is 5.91 Å². The van der Waals surface area contributed by atoms with Crippen LogP contribution in [0.25, 0.3) is 10.2 Å². The molecule has 2 heterocycles. The van der Waals surface area contributed by atoms with Crippen molar-refractivity contribution in [2.75, 3.05) is 12.1 Å². The molecular formula is C27H21N3O3S. The number of aromatic nitrogens is 1. The first-order chi connectivity index (χ1) is 16.7. The molecule has 168 valence electrons. The number of carbonyl (C=O) groups excluding carboxylic acids is 1. The summed E-state index contributed by atoms with van der Waals surface area (Å²) in [4.78, 5) is 18.1. The highest BCUT2D eigenvalue weighted by atomic mass is 32.1. The number of nitrogens with zero attached hydrogens (tertiary/aromatic N) is 3. The largest absolute Gasteiger partial charge is 0.497 e. The second-order valence-corrected chi connectivity index (χ2v) is 8.58. The Morgan fingerprint density at radius 3 is 2.56 bits per heavy atom. The van der Waals surface area contributed by atoms with E-state index in [1.165, 1.54) is 28.1 Å². The fourth-order valence-corrected chi connectivity index (χ4v) is 4.45. The molecule has 0 atom stereocenters. The first kappa shape index (κ1) is 21.6. The predicted octanol–water partition coefficient (Wildman–Crippen LogP) is 6.17. The number of amides is 1. The number of hydrogen-bond acceptors (Lipinski definition) is 6. The molecule has 0 bridgehead atoms. The van der Waals surface area contributed by atoms with Gasteiger partial charge in [0.15, 0.2) is 0 Å². The Kier molecular flexibility index (Phi) is 6.18. The highest BCUT2D eigenvalue weighted by Gasteiger charge is 2.21. The monoisotopic (exact) mass is 467 g/mol. The molecule has 0 saturated carbocycles. The second kappa shape index (κ2) is 9.72. The van der Waals surface area contributed by atoms with Crippen molar-refractivity contribution in [3.63, 3.8) is 0 Å². The van der Waals surface area contributed by atoms with E-state index in [9.17, 15) is 4.79 Å². The summed E-state index contributed by atoms with van der Waals surface area (Å²) in [5.74, 6) is 0.993. The van der Waals surface area contributed by atoms with Crippen molar-refractivity contribution in [3.05, 3.63) is 114 Å². The van der Waals surface area contributed by atoms with Crippen molar-refractivity contribution < 1.29 is 13.9 Å². The van der Waals surface area contributed by atoms with Crippen LogP contribution in [-0.2, 0) is 6.42 Å². The number of thiazole rings is 1. The van der Waals surface area contributed by atoms with Gasteiger partial charge in [-0.05, 0) is 60.0 Å². The lowest BCUT2D eigenvalue weighted by molar-refractivity contribution is 0.0988. The summed E-state index contributed by atoms with van der Waals surface area (Å²) >= 11 is 1.37. The summed E-state index contributed by atoms with van der Waals surface area (Å²) in [6.45, 7) is 0. The van der Waals surface area contributed by atoms with Gasteiger partial charge >= 0.3 is 0 Å². The molecule has 1 amide bonds. The Hall–Kier alpha value is -4.23. The Labute approximate surface area is 200 Å². The van der Waals surface area contributed by atoms with Crippen molar-refractivity contribution in [2.24, 2.45) is 5.10 Å². The molecule has 0 saturated heterocycles. The van der Waals surface area contributed by atoms with Crippen molar-refractivity contribution in [2.45, 2.75) is 6.42 Å². The number of fused-ring (bicyclic) bond motifs is 1. The third-order valence-corrected chi connectivity index (χ3v) is 6.25. The molecule has 0 spiro atoms. The molecule has 7 heteroatoms. The first-order valence-corrected chi connectivity index (χ1v) is 11.5. The third-order valence-electron chi connectivity index (χ3n) is 5.25. The average molecular weight is 468 g/mol. The summed E-state index contributed by atoms with van der Waals surface area (Å²) in [5.41, 5.74) is 3.63. The van der Waals surface area contributed by atoms with Crippen LogP contribution in [0.4, 0.5) is 5.13 Å². The van der Waals surface area contributed by atoms with E-state index < -0.39 is 0 Å². The summed E-state index contributed by atoms with van der Waals surface area (Å²) in [6, 6.07) is 27.0. The molecule has 0 radical (unpaired) electrons. The van der Waals surface area contributed by atoms with Gasteiger partial charge in [0.2, 0.25) is 5.13 Å². The number of carbonyl (C=O) groups is 1. The zero-order valence-electron chi connectivity index (χ0n) is 18.4. The van der Waals surface area contributed by atoms with Gasteiger partial charge in [-0.2, -0.15) is 10.1 Å². The van der Waals surface area contributed by atoms with E-state index in [2.05, 4.69) is 22.2 Å². The molecule has 2 aromatic heterocycles. The number of anilines is 1. The maximum Gasteiger partial charge on any atom is 0.280 e. The minimum atomic E-state index is -0.278. The van der Waals surface area contributed by atoms with Gasteiger partial charge in [0, 0.05) is 5.56 Å². The van der Waals surface area contributed by atoms with Crippen LogP contribution in [0, 0.1) is 0 Å². The smallest absolute Gasteiger partial charge is 0.280 e. The predicted molar refractivity (Wildman–Crippen MR) is 135 cm³/mol. The van der Waals surface area contributed by atoms with Crippen LogP contribution in [0.1, 0.15) is 27.2 Å². The maximum absolute atomic E-state index is 13.5. The van der Waals surface area contributed by atoms with Crippen LogP contribution in [-0.4, -0.2) is 24.2 Å². The van der Waals surface area contributed by atoms with E-state index in [0.717, 1.165) is 28.0 Å². The Balaban J connectivity index is 1.45. The summed E-state index contributed by atoms with van der Waals surface area (Å²) in [7, 11) is 1.62. The summed E-state index contributed by atoms with van der Waals surface area (Å²) in [5, 5.41) is 6.20. The molecule has 0 aliphatic rings. The molecular weight excluding hydrogens is 446 g/mol. The molecule has 0 aliphatic carbocycles. The fraction of sp³-hybridized carbons (Fsp3) is 0.0741. The normalized spacial score (nSPS) is 11.2. The van der Waals surface area contributed by atoms with Crippen molar-refractivity contribution in [1.82, 2.24) is 4.98 Å². The third kappa shape index (κ3) is 4.74. The first-order valence-electron chi connectivity index (χ1n) is 10.7. The maximum atomic E-state index is 13.5. The molecule has 6 nitrogen and oxygen atoms in total. The number of benzene rings is 3. The number of hydrazone groups is 1. The van der Waals surface area contributed by atoms with Gasteiger partial charge in [-0.15, -0.1) is 0 Å². The van der Waals surface area contributed by atoms with Gasteiger partial charge in [-0.25, -0.2) is 4.98 Å². The molecule has 0 unspecified atom stereocenters. The number of furan rings is 1. The van der Waals surface area contributed by atoms with Gasteiger partial charge in [-0.1, -0.05) is 53.8 Å². The van der Waals surface area contributed by atoms with Crippen LogP contribution >= 0.6 is 11.3 Å². The van der Waals surface area contributed by atoms with Gasteiger partial charge in [-0.3, -0.25) is 4.79 Å². The average Bonchev–Trinajstić information content (AvgIpc) is 3.54. The zero-order chi connectivity index (χ0) is 23.3. The minimum Gasteiger partial charge on any atom is -0.497 e. The van der Waals surface area contributed by atoms with Crippen molar-refractivity contribution in [3.8, 4) is 5.75 Å². The highest BCUT2D eigenvalue weighted by molar-refractivity contribution is 7.22. The lowest BCUT2D eigenvalue weighted by Gasteiger charge is -2.14. The molecule has 5 aromatic rings. The van der Waals surface area contributed by atoms with Gasteiger partial charge in [0.05, 0.1) is 29.8 Å². The molecule has 0 N–H and O–H groups in total. The summed E-state index contributed by atoms with van der Waals surface area (Å²) in [6.07, 6.45) is 3.87. The molecule has 0 fully saturated rings. The SMILES string of the molecule is COc1ccc2nc(N(/N=C/c3ccco3)C(=O)c3ccc(Cc4ccccc4)cc3)sc2c1. The fourth-order valence-electron chi connectivity index (χ4n) is 3.50. The number of rotatable bonds is 7. The highest BCUT2D eigenvalue weighted by Crippen LogP contribution is 2.32. The molecule has 34 heavy (non-hydrogen) atoms. The van der Waals surface area contributed by atoms with Crippen molar-refractivity contribution >= 4 is 38.8 Å². The van der Waals surface area contributed by atoms with E-state index in [1.807, 2.05) is 60.7 Å². The van der Waals surface area contributed by atoms with Crippen LogP contribution in [0.5, 0.6) is 5.75 Å². The standard InChI is InChI=1S/C27H21N3O3S/c1-32-22-13-14-24-25(17-22)34-27(29-24)30(28-18-23-8-5-15-33-23)26(31)21-11-9-20(10-12-21)16-19-6-3-2-4-7-19/h2-15,17-18H,16H2,1H3/b28-18+. The van der Waals surface area contributed by atoms with Crippen LogP contribution in [0.2, 0.25) is 0 Å². The van der Waals surface area contributed by atoms with E-state index >= 15 is 0 Å². The van der Waals surface area contributed by atoms with Crippen LogP contribution in [0.15, 0.2) is 101 Å². The number of methoxy groups -OCH3 is 1. The van der Waals surface area contributed by atoms with E-state index in [1.54, 1.807) is 25.5 Å². The van der Waals surface area contributed by atoms with Gasteiger partial charge < -0.3 is 9.15 Å². The Morgan fingerprint density at radius 1 is 1.03 bits per heavy atom. The van der Waals surface area contributed by atoms with Gasteiger partial charge in [0.1, 0.15) is 11.5 Å². The van der Waals surface area contributed by atoms with Crippen molar-refractivity contribution in [1.29, 1.82) is 0 Å². The lowest BCUT2D eigenvalue weighted by atomic mass is 10.0. The molecule has 0 aliphatic heterocycles. The second-order valence-electron chi connectivity index (χ2n) is 7.57. The van der Waals surface area contributed by atoms with E-state index in [4.69, 9.17) is 9.15 Å². The Bertz CT molecular complexity index is 1430. The minimum absolute atomic E-state index is 0.278. The number of hydrogen-bond donors (Lipinski definition) is 0.